The molecule has 7 N–H and O–H groups in total. The van der Waals surface area contributed by atoms with Gasteiger partial charge in [0.25, 0.3) is 0 Å². The number of nitrogens with zero attached hydrogens (tertiary/aromatic N) is 3. The standard InChI is InChI=1S/C21H20BFN6O3/c23-13-4-1-3-12(7-13)11-26-19-9-18(22(31)32)27-21(28-19)29-14(10-24)8-16-15(20(25)30)5-2-6-17(16)29/h1-9,31-32H,10-11,24H2,(H2,25,30)(H,26,27,28). The highest BCUT2D eigenvalue weighted by Gasteiger charge is 2.21. The molecule has 0 aliphatic rings. The summed E-state index contributed by atoms with van der Waals surface area (Å²) in [6, 6.07) is 14.2. The number of anilines is 1. The largest absolute Gasteiger partial charge is 0.508 e. The number of nitrogens with two attached hydrogens (primary N) is 2. The van der Waals surface area contributed by atoms with Crippen LogP contribution in [0.25, 0.3) is 16.9 Å². The van der Waals surface area contributed by atoms with Crippen molar-refractivity contribution in [2.75, 3.05) is 5.32 Å². The van der Waals surface area contributed by atoms with Crippen LogP contribution in [0, 0.1) is 5.82 Å². The van der Waals surface area contributed by atoms with Gasteiger partial charge in [-0.1, -0.05) is 18.2 Å². The zero-order chi connectivity index (χ0) is 22.8. The summed E-state index contributed by atoms with van der Waals surface area (Å²) in [7, 11) is -1.85. The van der Waals surface area contributed by atoms with Crippen molar-refractivity contribution >= 4 is 35.3 Å². The van der Waals surface area contributed by atoms with E-state index in [1.165, 1.54) is 18.2 Å². The van der Waals surface area contributed by atoms with Crippen LogP contribution in [0.2, 0.25) is 0 Å². The van der Waals surface area contributed by atoms with E-state index in [1.807, 2.05) is 0 Å². The third-order valence-electron chi connectivity index (χ3n) is 4.96. The summed E-state index contributed by atoms with van der Waals surface area (Å²) in [5.41, 5.74) is 13.5. The van der Waals surface area contributed by atoms with Crippen LogP contribution >= 0.6 is 0 Å². The predicted molar refractivity (Wildman–Crippen MR) is 119 cm³/mol. The molecule has 0 saturated carbocycles. The number of rotatable bonds is 7. The fraction of sp³-hybridized carbons (Fsp3) is 0.0952. The van der Waals surface area contributed by atoms with Gasteiger partial charge in [-0.05, 0) is 42.0 Å². The van der Waals surface area contributed by atoms with E-state index in [-0.39, 0.29) is 30.4 Å². The Bertz CT molecular complexity index is 1310. The van der Waals surface area contributed by atoms with Gasteiger partial charge < -0.3 is 26.8 Å². The Balaban J connectivity index is 1.82. The number of benzene rings is 2. The zero-order valence-electron chi connectivity index (χ0n) is 16.9. The van der Waals surface area contributed by atoms with Crippen LogP contribution in [-0.4, -0.2) is 37.6 Å². The highest BCUT2D eigenvalue weighted by atomic mass is 19.1. The highest BCUT2D eigenvalue weighted by molar-refractivity contribution is 6.57. The van der Waals surface area contributed by atoms with Gasteiger partial charge in [0.15, 0.2) is 0 Å². The van der Waals surface area contributed by atoms with Crippen LogP contribution in [0.4, 0.5) is 10.2 Å². The van der Waals surface area contributed by atoms with Crippen LogP contribution in [0.3, 0.4) is 0 Å². The van der Waals surface area contributed by atoms with Gasteiger partial charge in [0.1, 0.15) is 11.6 Å². The second-order valence-corrected chi connectivity index (χ2v) is 7.11. The van der Waals surface area contributed by atoms with Crippen molar-refractivity contribution in [1.82, 2.24) is 14.5 Å². The lowest BCUT2D eigenvalue weighted by molar-refractivity contribution is 0.100. The fourth-order valence-corrected chi connectivity index (χ4v) is 3.50. The lowest BCUT2D eigenvalue weighted by Gasteiger charge is -2.13. The molecule has 4 rings (SSSR count). The number of amides is 1. The highest BCUT2D eigenvalue weighted by Crippen LogP contribution is 2.26. The van der Waals surface area contributed by atoms with Crippen molar-refractivity contribution in [2.45, 2.75) is 13.1 Å². The number of primary amides is 1. The fourth-order valence-electron chi connectivity index (χ4n) is 3.50. The normalized spacial score (nSPS) is 11.0. The van der Waals surface area contributed by atoms with Crippen LogP contribution in [0.15, 0.2) is 54.6 Å². The van der Waals surface area contributed by atoms with Crippen molar-refractivity contribution in [3.63, 3.8) is 0 Å². The van der Waals surface area contributed by atoms with E-state index in [0.29, 0.717) is 33.5 Å². The summed E-state index contributed by atoms with van der Waals surface area (Å²) in [6.07, 6.45) is 0. The molecule has 2 aromatic heterocycles. The summed E-state index contributed by atoms with van der Waals surface area (Å²) >= 11 is 0. The first-order valence-corrected chi connectivity index (χ1v) is 9.74. The molecule has 0 unspecified atom stereocenters. The van der Waals surface area contributed by atoms with Gasteiger partial charge in [-0.15, -0.1) is 0 Å². The van der Waals surface area contributed by atoms with E-state index in [9.17, 15) is 19.2 Å². The minimum atomic E-state index is -1.85. The maximum absolute atomic E-state index is 13.5. The molecule has 2 aromatic carbocycles. The van der Waals surface area contributed by atoms with Crippen LogP contribution in [-0.2, 0) is 13.1 Å². The Morgan fingerprint density at radius 3 is 2.59 bits per heavy atom. The van der Waals surface area contributed by atoms with Crippen molar-refractivity contribution in [2.24, 2.45) is 11.5 Å². The Hall–Kier alpha value is -3.80. The Labute approximate surface area is 182 Å². The third-order valence-corrected chi connectivity index (χ3v) is 4.96. The number of carbonyl (C=O) groups excluding carboxylic acids is 1. The summed E-state index contributed by atoms with van der Waals surface area (Å²) in [4.78, 5) is 20.6. The molecule has 0 bridgehead atoms. The maximum Gasteiger partial charge on any atom is 0.508 e. The van der Waals surface area contributed by atoms with Crippen LogP contribution < -0.4 is 22.4 Å². The molecule has 32 heavy (non-hydrogen) atoms. The second kappa shape index (κ2) is 8.75. The minimum Gasteiger partial charge on any atom is -0.422 e. The number of fused-ring (bicyclic) bond motifs is 1. The molecule has 2 heterocycles. The zero-order valence-corrected chi connectivity index (χ0v) is 16.9. The monoisotopic (exact) mass is 434 g/mol. The molecule has 4 aromatic rings. The molecular weight excluding hydrogens is 414 g/mol. The molecule has 0 radical (unpaired) electrons. The van der Waals surface area contributed by atoms with Gasteiger partial charge in [-0.3, -0.25) is 9.36 Å². The average Bonchev–Trinajstić information content (AvgIpc) is 3.16. The van der Waals surface area contributed by atoms with Gasteiger partial charge in [0.2, 0.25) is 11.9 Å². The molecule has 0 spiro atoms. The lowest BCUT2D eigenvalue weighted by atomic mass is 9.86. The van der Waals surface area contributed by atoms with Crippen LogP contribution in [0.1, 0.15) is 21.6 Å². The second-order valence-electron chi connectivity index (χ2n) is 7.11. The molecular formula is C21H20BFN6O3. The Morgan fingerprint density at radius 2 is 1.91 bits per heavy atom. The van der Waals surface area contributed by atoms with Gasteiger partial charge in [-0.25, -0.2) is 9.37 Å². The van der Waals surface area contributed by atoms with E-state index >= 15 is 0 Å². The minimum absolute atomic E-state index is 0.0485. The topological polar surface area (TPSA) is 152 Å². The number of nitrogens with one attached hydrogen (secondary N) is 1. The quantitative estimate of drug-likeness (QED) is 0.264. The Kier molecular flexibility index (Phi) is 5.86. The molecule has 162 valence electrons. The number of hydrogen-bond acceptors (Lipinski definition) is 7. The van der Waals surface area contributed by atoms with Crippen molar-refractivity contribution in [1.29, 1.82) is 0 Å². The van der Waals surface area contributed by atoms with Gasteiger partial charge in [0.05, 0.1) is 11.1 Å². The molecule has 0 atom stereocenters. The van der Waals surface area contributed by atoms with Crippen molar-refractivity contribution < 1.29 is 19.2 Å². The summed E-state index contributed by atoms with van der Waals surface area (Å²) in [5.74, 6) is -0.544. The SMILES string of the molecule is NCc1cc2c(C(N)=O)cccc2n1-c1nc(NCc2cccc(F)c2)cc(B(O)O)n1. The molecule has 0 aliphatic carbocycles. The number of hydrogen-bond donors (Lipinski definition) is 5. The van der Waals surface area contributed by atoms with E-state index < -0.39 is 13.0 Å². The first-order valence-electron chi connectivity index (χ1n) is 9.74. The maximum atomic E-state index is 13.5. The molecule has 0 aliphatic heterocycles. The predicted octanol–water partition coefficient (Wildman–Crippen LogP) is 0.409. The van der Waals surface area contributed by atoms with Crippen molar-refractivity contribution in [3.05, 3.63) is 77.2 Å². The molecule has 9 nitrogen and oxygen atoms in total. The third kappa shape index (κ3) is 4.17. The summed E-state index contributed by atoms with van der Waals surface area (Å²) < 4.78 is 15.1. The van der Waals surface area contributed by atoms with E-state index in [1.54, 1.807) is 41.0 Å². The first kappa shape index (κ1) is 21.4. The average molecular weight is 434 g/mol. The lowest BCUT2D eigenvalue weighted by Crippen LogP contribution is -2.34. The van der Waals surface area contributed by atoms with Gasteiger partial charge >= 0.3 is 7.12 Å². The summed E-state index contributed by atoms with van der Waals surface area (Å²) in [5, 5.41) is 23.1. The molecule has 1 amide bonds. The van der Waals surface area contributed by atoms with E-state index in [2.05, 4.69) is 15.3 Å². The van der Waals surface area contributed by atoms with E-state index in [4.69, 9.17) is 11.5 Å². The van der Waals surface area contributed by atoms with E-state index in [0.717, 1.165) is 0 Å². The number of halogens is 1. The smallest absolute Gasteiger partial charge is 0.422 e. The van der Waals surface area contributed by atoms with Crippen LogP contribution in [0.5, 0.6) is 0 Å². The number of aromatic nitrogens is 3. The van der Waals surface area contributed by atoms with Crippen molar-refractivity contribution in [3.8, 4) is 5.95 Å². The Morgan fingerprint density at radius 1 is 1.12 bits per heavy atom. The summed E-state index contributed by atoms with van der Waals surface area (Å²) in [6.45, 7) is 0.353. The molecule has 0 fully saturated rings. The van der Waals surface area contributed by atoms with Gasteiger partial charge in [-0.2, -0.15) is 4.98 Å². The molecule has 0 saturated heterocycles. The van der Waals surface area contributed by atoms with Gasteiger partial charge in [0, 0.05) is 29.7 Å². The number of carbonyl (C=O) groups is 1. The molecule has 11 heteroatoms. The first-order chi connectivity index (χ1) is 15.4.